The number of amides is 1. The normalized spacial score (nSPS) is 10.5. The number of pyridine rings is 1. The maximum Gasteiger partial charge on any atom is 0.268 e. The van der Waals surface area contributed by atoms with E-state index in [0.29, 0.717) is 12.2 Å². The standard InChI is InChI=1S/C20H21N3O2/c1-3-23-14-17(16-7-9-21-10-8-16)12-19(23)20(24)22-13-15-5-4-6-18(11-15)25-2/h4-12,14H,3,13H2,1-2H3,(H,22,24). The van der Waals surface area contributed by atoms with Gasteiger partial charge in [0, 0.05) is 37.2 Å². The lowest BCUT2D eigenvalue weighted by molar-refractivity contribution is 0.0941. The molecule has 0 aliphatic heterocycles. The van der Waals surface area contributed by atoms with Gasteiger partial charge < -0.3 is 14.6 Å². The van der Waals surface area contributed by atoms with Gasteiger partial charge in [-0.25, -0.2) is 0 Å². The van der Waals surface area contributed by atoms with E-state index in [9.17, 15) is 4.79 Å². The Bertz CT molecular complexity index is 856. The minimum absolute atomic E-state index is 0.0926. The molecular weight excluding hydrogens is 314 g/mol. The van der Waals surface area contributed by atoms with E-state index in [-0.39, 0.29) is 5.91 Å². The average molecular weight is 335 g/mol. The summed E-state index contributed by atoms with van der Waals surface area (Å²) in [5, 5.41) is 2.98. The fourth-order valence-electron chi connectivity index (χ4n) is 2.72. The minimum Gasteiger partial charge on any atom is -0.497 e. The Labute approximate surface area is 147 Å². The highest BCUT2D eigenvalue weighted by molar-refractivity contribution is 5.94. The zero-order valence-corrected chi connectivity index (χ0v) is 14.4. The molecule has 128 valence electrons. The van der Waals surface area contributed by atoms with Crippen LogP contribution >= 0.6 is 0 Å². The lowest BCUT2D eigenvalue weighted by Crippen LogP contribution is -2.25. The topological polar surface area (TPSA) is 56.2 Å². The molecule has 0 aliphatic rings. The van der Waals surface area contributed by atoms with Crippen molar-refractivity contribution >= 4 is 5.91 Å². The number of nitrogens with zero attached hydrogens (tertiary/aromatic N) is 2. The van der Waals surface area contributed by atoms with Crippen LogP contribution in [0.15, 0.2) is 61.1 Å². The van der Waals surface area contributed by atoms with Gasteiger partial charge in [-0.15, -0.1) is 0 Å². The van der Waals surface area contributed by atoms with E-state index in [1.54, 1.807) is 19.5 Å². The van der Waals surface area contributed by atoms with Crippen LogP contribution in [0.4, 0.5) is 0 Å². The second-order valence-corrected chi connectivity index (χ2v) is 5.67. The number of benzene rings is 1. The fraction of sp³-hybridized carbons (Fsp3) is 0.200. The Morgan fingerprint density at radius 2 is 1.96 bits per heavy atom. The third-order valence-corrected chi connectivity index (χ3v) is 4.07. The number of methoxy groups -OCH3 is 1. The van der Waals surface area contributed by atoms with Crippen LogP contribution in [-0.4, -0.2) is 22.6 Å². The summed E-state index contributed by atoms with van der Waals surface area (Å²) in [4.78, 5) is 16.7. The van der Waals surface area contributed by atoms with Gasteiger partial charge in [0.05, 0.1) is 7.11 Å². The van der Waals surface area contributed by atoms with Crippen molar-refractivity contribution < 1.29 is 9.53 Å². The van der Waals surface area contributed by atoms with Gasteiger partial charge in [0.1, 0.15) is 11.4 Å². The first kappa shape index (κ1) is 16.8. The van der Waals surface area contributed by atoms with Gasteiger partial charge in [0.15, 0.2) is 0 Å². The van der Waals surface area contributed by atoms with Crippen molar-refractivity contribution in [3.63, 3.8) is 0 Å². The molecule has 25 heavy (non-hydrogen) atoms. The minimum atomic E-state index is -0.0926. The van der Waals surface area contributed by atoms with E-state index in [1.165, 1.54) is 0 Å². The summed E-state index contributed by atoms with van der Waals surface area (Å²) in [5.74, 6) is 0.689. The van der Waals surface area contributed by atoms with Gasteiger partial charge in [-0.3, -0.25) is 9.78 Å². The Kier molecular flexibility index (Phi) is 5.14. The van der Waals surface area contributed by atoms with E-state index < -0.39 is 0 Å². The van der Waals surface area contributed by atoms with Gasteiger partial charge in [-0.05, 0) is 48.4 Å². The molecular formula is C20H21N3O2. The summed E-state index contributed by atoms with van der Waals surface area (Å²) in [6, 6.07) is 13.5. The quantitative estimate of drug-likeness (QED) is 0.750. The molecule has 1 N–H and O–H groups in total. The Hall–Kier alpha value is -3.08. The maximum absolute atomic E-state index is 12.6. The number of carbonyl (C=O) groups excluding carboxylic acids is 1. The van der Waals surface area contributed by atoms with Crippen molar-refractivity contribution in [1.82, 2.24) is 14.9 Å². The zero-order valence-electron chi connectivity index (χ0n) is 14.4. The first-order chi connectivity index (χ1) is 12.2. The Morgan fingerprint density at radius 3 is 2.68 bits per heavy atom. The lowest BCUT2D eigenvalue weighted by atomic mass is 10.1. The predicted molar refractivity (Wildman–Crippen MR) is 97.5 cm³/mol. The number of rotatable bonds is 6. The lowest BCUT2D eigenvalue weighted by Gasteiger charge is -2.08. The highest BCUT2D eigenvalue weighted by Gasteiger charge is 2.13. The van der Waals surface area contributed by atoms with E-state index in [1.807, 2.05) is 60.2 Å². The molecule has 0 saturated heterocycles. The first-order valence-electron chi connectivity index (χ1n) is 8.23. The molecule has 0 radical (unpaired) electrons. The number of hydrogen-bond acceptors (Lipinski definition) is 3. The van der Waals surface area contributed by atoms with Crippen molar-refractivity contribution in [2.24, 2.45) is 0 Å². The number of ether oxygens (including phenoxy) is 1. The molecule has 5 nitrogen and oxygen atoms in total. The van der Waals surface area contributed by atoms with Crippen LogP contribution in [0.3, 0.4) is 0 Å². The van der Waals surface area contributed by atoms with Crippen molar-refractivity contribution in [2.75, 3.05) is 7.11 Å². The van der Waals surface area contributed by atoms with Gasteiger partial charge in [-0.2, -0.15) is 0 Å². The molecule has 3 aromatic rings. The molecule has 0 aliphatic carbocycles. The number of nitrogens with one attached hydrogen (secondary N) is 1. The molecule has 0 saturated carbocycles. The van der Waals surface area contributed by atoms with Crippen LogP contribution in [0.2, 0.25) is 0 Å². The number of hydrogen-bond donors (Lipinski definition) is 1. The largest absolute Gasteiger partial charge is 0.497 e. The van der Waals surface area contributed by atoms with Crippen molar-refractivity contribution in [3.05, 3.63) is 72.3 Å². The molecule has 0 spiro atoms. The molecule has 3 rings (SSSR count). The molecule has 2 heterocycles. The van der Waals surface area contributed by atoms with Crippen LogP contribution in [0.1, 0.15) is 23.0 Å². The molecule has 0 bridgehead atoms. The van der Waals surface area contributed by atoms with E-state index in [0.717, 1.165) is 29.0 Å². The molecule has 5 heteroatoms. The maximum atomic E-state index is 12.6. The second-order valence-electron chi connectivity index (χ2n) is 5.67. The van der Waals surface area contributed by atoms with Gasteiger partial charge >= 0.3 is 0 Å². The molecule has 2 aromatic heterocycles. The number of aryl methyl sites for hydroxylation is 1. The zero-order chi connectivity index (χ0) is 17.6. The summed E-state index contributed by atoms with van der Waals surface area (Å²) < 4.78 is 7.17. The van der Waals surface area contributed by atoms with Gasteiger partial charge in [0.25, 0.3) is 5.91 Å². The van der Waals surface area contributed by atoms with Crippen molar-refractivity contribution in [3.8, 4) is 16.9 Å². The summed E-state index contributed by atoms with van der Waals surface area (Å²) >= 11 is 0. The average Bonchev–Trinajstić information content (AvgIpc) is 3.11. The highest BCUT2D eigenvalue weighted by atomic mass is 16.5. The van der Waals surface area contributed by atoms with E-state index in [4.69, 9.17) is 4.74 Å². The third-order valence-electron chi connectivity index (χ3n) is 4.07. The monoisotopic (exact) mass is 335 g/mol. The SMILES string of the molecule is CCn1cc(-c2ccncc2)cc1C(=O)NCc1cccc(OC)c1. The Morgan fingerprint density at radius 1 is 1.16 bits per heavy atom. The smallest absolute Gasteiger partial charge is 0.268 e. The van der Waals surface area contributed by atoms with Crippen LogP contribution in [0.5, 0.6) is 5.75 Å². The van der Waals surface area contributed by atoms with Crippen molar-refractivity contribution in [1.29, 1.82) is 0 Å². The molecule has 0 atom stereocenters. The van der Waals surface area contributed by atoms with Crippen LogP contribution in [0, 0.1) is 0 Å². The van der Waals surface area contributed by atoms with E-state index in [2.05, 4.69) is 10.3 Å². The van der Waals surface area contributed by atoms with Crippen LogP contribution in [0.25, 0.3) is 11.1 Å². The molecule has 0 fully saturated rings. The van der Waals surface area contributed by atoms with E-state index >= 15 is 0 Å². The summed E-state index contributed by atoms with van der Waals surface area (Å²) in [6.45, 7) is 3.21. The highest BCUT2D eigenvalue weighted by Crippen LogP contribution is 2.22. The number of aromatic nitrogens is 2. The summed E-state index contributed by atoms with van der Waals surface area (Å²) in [7, 11) is 1.63. The molecule has 0 unspecified atom stereocenters. The van der Waals surface area contributed by atoms with Crippen LogP contribution in [-0.2, 0) is 13.1 Å². The third kappa shape index (κ3) is 3.88. The Balaban J connectivity index is 1.76. The predicted octanol–water partition coefficient (Wildman–Crippen LogP) is 3.51. The first-order valence-corrected chi connectivity index (χ1v) is 8.23. The summed E-state index contributed by atoms with van der Waals surface area (Å²) in [5.41, 5.74) is 3.70. The van der Waals surface area contributed by atoms with Crippen molar-refractivity contribution in [2.45, 2.75) is 20.0 Å². The van der Waals surface area contributed by atoms with Crippen LogP contribution < -0.4 is 10.1 Å². The fourth-order valence-corrected chi connectivity index (χ4v) is 2.72. The molecule has 1 aromatic carbocycles. The van der Waals surface area contributed by atoms with Gasteiger partial charge in [0.2, 0.25) is 0 Å². The second kappa shape index (κ2) is 7.66. The number of carbonyl (C=O) groups is 1. The molecule has 1 amide bonds. The summed E-state index contributed by atoms with van der Waals surface area (Å²) in [6.07, 6.45) is 5.50. The van der Waals surface area contributed by atoms with Gasteiger partial charge in [-0.1, -0.05) is 12.1 Å².